The number of rotatable bonds is 7. The fourth-order valence-electron chi connectivity index (χ4n) is 2.62. The molecule has 2 heterocycles. The predicted molar refractivity (Wildman–Crippen MR) is 108 cm³/mol. The summed E-state index contributed by atoms with van der Waals surface area (Å²) in [5, 5.41) is 8.53. The molecule has 0 fully saturated rings. The van der Waals surface area contributed by atoms with E-state index in [0.29, 0.717) is 17.3 Å². The molecule has 0 saturated heterocycles. The topological polar surface area (TPSA) is 85.1 Å². The lowest BCUT2D eigenvalue weighted by atomic mass is 9.86. The summed E-state index contributed by atoms with van der Waals surface area (Å²) in [6.45, 7) is 6.52. The lowest BCUT2D eigenvalue weighted by Crippen LogP contribution is -2.23. The molecule has 0 aliphatic heterocycles. The van der Waals surface area contributed by atoms with E-state index in [1.165, 1.54) is 16.9 Å². The maximum absolute atomic E-state index is 12.3. The minimum atomic E-state index is -0.226. The van der Waals surface area contributed by atoms with Crippen molar-refractivity contribution in [3.05, 3.63) is 58.8 Å². The van der Waals surface area contributed by atoms with Crippen LogP contribution < -0.4 is 5.32 Å². The number of nitrogens with one attached hydrogen (secondary N) is 1. The Hall–Kier alpha value is -2.80. The molecule has 0 atom stereocenters. The second-order valence-corrected chi connectivity index (χ2v) is 8.46. The number of amides is 1. The van der Waals surface area contributed by atoms with Crippen molar-refractivity contribution in [1.82, 2.24) is 15.5 Å². The summed E-state index contributed by atoms with van der Waals surface area (Å²) in [6.07, 6.45) is 0.275. The van der Waals surface area contributed by atoms with Crippen LogP contribution in [-0.2, 0) is 16.8 Å². The summed E-state index contributed by atoms with van der Waals surface area (Å²) in [4.78, 5) is 29.5. The van der Waals surface area contributed by atoms with Crippen molar-refractivity contribution in [3.63, 3.8) is 0 Å². The summed E-state index contributed by atoms with van der Waals surface area (Å²) >= 11 is 1.52. The molecule has 1 amide bonds. The monoisotopic (exact) mass is 397 g/mol. The van der Waals surface area contributed by atoms with E-state index in [-0.39, 0.29) is 36.5 Å². The van der Waals surface area contributed by atoms with Gasteiger partial charge in [0.1, 0.15) is 0 Å². The molecule has 1 aromatic carbocycles. The van der Waals surface area contributed by atoms with Crippen molar-refractivity contribution in [3.8, 4) is 10.7 Å². The maximum atomic E-state index is 12.3. The summed E-state index contributed by atoms with van der Waals surface area (Å²) in [5.74, 6) is 0.567. The van der Waals surface area contributed by atoms with Gasteiger partial charge in [0, 0.05) is 18.4 Å². The summed E-state index contributed by atoms with van der Waals surface area (Å²) < 4.78 is 5.14. The molecule has 28 heavy (non-hydrogen) atoms. The number of ketones is 1. The molecule has 0 aliphatic carbocycles. The largest absolute Gasteiger partial charge is 0.347 e. The minimum absolute atomic E-state index is 0.0412. The molecule has 6 nitrogen and oxygen atoms in total. The van der Waals surface area contributed by atoms with Crippen molar-refractivity contribution in [1.29, 1.82) is 0 Å². The van der Waals surface area contributed by atoms with Crippen LogP contribution in [0.3, 0.4) is 0 Å². The van der Waals surface area contributed by atoms with E-state index in [2.05, 4.69) is 36.2 Å². The Kier molecular flexibility index (Phi) is 6.04. The third kappa shape index (κ3) is 5.13. The van der Waals surface area contributed by atoms with Crippen molar-refractivity contribution in [2.24, 2.45) is 0 Å². The minimum Gasteiger partial charge on any atom is -0.347 e. The SMILES string of the molecule is CC(C)(C)c1ccc(C(=O)CCC(=O)NCc2nc(-c3cccs3)no2)cc1. The number of nitrogens with zero attached hydrogens (tertiary/aromatic N) is 2. The Morgan fingerprint density at radius 3 is 2.50 bits per heavy atom. The van der Waals surface area contributed by atoms with Crippen LogP contribution in [0.15, 0.2) is 46.3 Å². The van der Waals surface area contributed by atoms with Gasteiger partial charge in [0.05, 0.1) is 11.4 Å². The van der Waals surface area contributed by atoms with Gasteiger partial charge >= 0.3 is 0 Å². The maximum Gasteiger partial charge on any atom is 0.246 e. The number of carbonyl (C=O) groups excluding carboxylic acids is 2. The highest BCUT2D eigenvalue weighted by Gasteiger charge is 2.15. The number of hydrogen-bond donors (Lipinski definition) is 1. The van der Waals surface area contributed by atoms with Gasteiger partial charge in [-0.05, 0) is 22.4 Å². The highest BCUT2D eigenvalue weighted by Crippen LogP contribution is 2.23. The molecule has 0 aliphatic rings. The molecule has 7 heteroatoms. The highest BCUT2D eigenvalue weighted by atomic mass is 32.1. The van der Waals surface area contributed by atoms with Crippen LogP contribution in [0.25, 0.3) is 10.7 Å². The molecule has 0 unspecified atom stereocenters. The van der Waals surface area contributed by atoms with E-state index in [9.17, 15) is 9.59 Å². The van der Waals surface area contributed by atoms with E-state index in [1.54, 1.807) is 0 Å². The smallest absolute Gasteiger partial charge is 0.246 e. The zero-order valence-corrected chi connectivity index (χ0v) is 17.0. The summed E-state index contributed by atoms with van der Waals surface area (Å²) in [7, 11) is 0. The van der Waals surface area contributed by atoms with Crippen molar-refractivity contribution < 1.29 is 14.1 Å². The third-order valence-corrected chi connectivity index (χ3v) is 5.16. The average molecular weight is 398 g/mol. The number of benzene rings is 1. The van der Waals surface area contributed by atoms with Crippen LogP contribution in [0.1, 0.15) is 55.4 Å². The van der Waals surface area contributed by atoms with Crippen LogP contribution in [0, 0.1) is 0 Å². The van der Waals surface area contributed by atoms with Gasteiger partial charge in [-0.1, -0.05) is 56.3 Å². The van der Waals surface area contributed by atoms with Crippen LogP contribution >= 0.6 is 11.3 Å². The Bertz CT molecular complexity index is 938. The van der Waals surface area contributed by atoms with E-state index in [1.807, 2.05) is 41.8 Å². The van der Waals surface area contributed by atoms with Crippen LogP contribution in [-0.4, -0.2) is 21.8 Å². The second kappa shape index (κ2) is 8.48. The van der Waals surface area contributed by atoms with Crippen LogP contribution in [0.4, 0.5) is 0 Å². The fourth-order valence-corrected chi connectivity index (χ4v) is 3.27. The number of Topliss-reactive ketones (excluding diaryl/α,β-unsaturated/α-hetero) is 1. The lowest BCUT2D eigenvalue weighted by Gasteiger charge is -2.18. The first kappa shape index (κ1) is 19.9. The number of aromatic nitrogens is 2. The standard InChI is InChI=1S/C21H23N3O3S/c1-21(2,3)15-8-6-14(7-9-15)16(25)10-11-18(26)22-13-19-23-20(24-27-19)17-5-4-12-28-17/h4-9,12H,10-11,13H2,1-3H3,(H,22,26). The molecule has 0 spiro atoms. The number of carbonyl (C=O) groups is 2. The molecule has 1 N–H and O–H groups in total. The van der Waals surface area contributed by atoms with Gasteiger partial charge in [-0.3, -0.25) is 9.59 Å². The fraction of sp³-hybridized carbons (Fsp3) is 0.333. The van der Waals surface area contributed by atoms with Crippen molar-refractivity contribution >= 4 is 23.0 Å². The van der Waals surface area contributed by atoms with Gasteiger partial charge in [-0.2, -0.15) is 4.98 Å². The van der Waals surface area contributed by atoms with Crippen LogP contribution in [0.5, 0.6) is 0 Å². The van der Waals surface area contributed by atoms with Gasteiger partial charge in [0.15, 0.2) is 5.78 Å². The molecule has 146 valence electrons. The first-order valence-electron chi connectivity index (χ1n) is 9.10. The van der Waals surface area contributed by atoms with Gasteiger partial charge in [0.2, 0.25) is 17.6 Å². The second-order valence-electron chi connectivity index (χ2n) is 7.52. The Labute approximate surface area is 168 Å². The number of thiophene rings is 1. The molecular formula is C21H23N3O3S. The van der Waals surface area contributed by atoms with E-state index in [0.717, 1.165) is 4.88 Å². The molecule has 3 rings (SSSR count). The van der Waals surface area contributed by atoms with Crippen LogP contribution in [0.2, 0.25) is 0 Å². The average Bonchev–Trinajstić information content (AvgIpc) is 3.35. The van der Waals surface area contributed by atoms with Gasteiger partial charge in [-0.25, -0.2) is 0 Å². The molecular weight excluding hydrogens is 374 g/mol. The van der Waals surface area contributed by atoms with E-state index < -0.39 is 0 Å². The molecule has 2 aromatic heterocycles. The van der Waals surface area contributed by atoms with Gasteiger partial charge in [0.25, 0.3) is 0 Å². The molecule has 0 saturated carbocycles. The van der Waals surface area contributed by atoms with Crippen molar-refractivity contribution in [2.75, 3.05) is 0 Å². The molecule has 0 bridgehead atoms. The van der Waals surface area contributed by atoms with Gasteiger partial charge < -0.3 is 9.84 Å². The highest BCUT2D eigenvalue weighted by molar-refractivity contribution is 7.13. The first-order chi connectivity index (χ1) is 13.3. The summed E-state index contributed by atoms with van der Waals surface area (Å²) in [6, 6.07) is 11.4. The first-order valence-corrected chi connectivity index (χ1v) is 9.98. The van der Waals surface area contributed by atoms with E-state index in [4.69, 9.17) is 4.52 Å². The number of hydrogen-bond acceptors (Lipinski definition) is 6. The Balaban J connectivity index is 1.46. The quantitative estimate of drug-likeness (QED) is 0.598. The lowest BCUT2D eigenvalue weighted by molar-refractivity contribution is -0.121. The molecule has 0 radical (unpaired) electrons. The zero-order valence-electron chi connectivity index (χ0n) is 16.2. The van der Waals surface area contributed by atoms with Crippen molar-refractivity contribution in [2.45, 2.75) is 45.6 Å². The Morgan fingerprint density at radius 1 is 1.11 bits per heavy atom. The van der Waals surface area contributed by atoms with E-state index >= 15 is 0 Å². The third-order valence-electron chi connectivity index (χ3n) is 4.30. The van der Waals surface area contributed by atoms with Gasteiger partial charge in [-0.15, -0.1) is 11.3 Å². The zero-order chi connectivity index (χ0) is 20.1. The predicted octanol–water partition coefficient (Wildman–Crippen LogP) is 4.37. The normalized spacial score (nSPS) is 11.4. The summed E-state index contributed by atoms with van der Waals surface area (Å²) in [5.41, 5.74) is 1.83. The molecule has 3 aromatic rings. The Morgan fingerprint density at radius 2 is 1.86 bits per heavy atom.